The van der Waals surface area contributed by atoms with E-state index in [-0.39, 0.29) is 28.4 Å². The fraction of sp³-hybridized carbons (Fsp3) is 0.562. The number of hydrogen-bond acceptors (Lipinski definition) is 1. The van der Waals surface area contributed by atoms with Crippen molar-refractivity contribution in [2.75, 3.05) is 25.0 Å². The van der Waals surface area contributed by atoms with Gasteiger partial charge in [0.15, 0.2) is 6.54 Å². The van der Waals surface area contributed by atoms with E-state index in [1.165, 1.54) is 0 Å². The molecule has 0 aliphatic heterocycles. The number of likely N-dealkylation sites (N-methyl/N-ethyl adjacent to an activating group) is 1. The van der Waals surface area contributed by atoms with Gasteiger partial charge in [-0.05, 0) is 46.8 Å². The third kappa shape index (κ3) is 4.60. The van der Waals surface area contributed by atoms with Crippen LogP contribution in [0.15, 0.2) is 30.3 Å². The van der Waals surface area contributed by atoms with Gasteiger partial charge in [-0.3, -0.25) is 4.79 Å². The molecule has 0 fully saturated rings. The van der Waals surface area contributed by atoms with Crippen molar-refractivity contribution in [1.82, 2.24) is 0 Å². The van der Waals surface area contributed by atoms with Crippen molar-refractivity contribution in [2.24, 2.45) is 0 Å². The minimum Gasteiger partial charge on any atom is -1.00 e. The van der Waals surface area contributed by atoms with Gasteiger partial charge in [0.05, 0.1) is 18.6 Å². The highest BCUT2D eigenvalue weighted by Gasteiger charge is 2.39. The van der Waals surface area contributed by atoms with Crippen LogP contribution in [-0.4, -0.2) is 35.6 Å². The first kappa shape index (κ1) is 19.1. The van der Waals surface area contributed by atoms with E-state index >= 15 is 0 Å². The number of rotatable bonds is 5. The molecule has 0 saturated heterocycles. The number of halogens is 1. The number of hydrogen-bond donors (Lipinski definition) is 1. The first-order valence-electron chi connectivity index (χ1n) is 7.05. The smallest absolute Gasteiger partial charge is 0.279 e. The highest BCUT2D eigenvalue weighted by atomic mass is 79.9. The van der Waals surface area contributed by atoms with Crippen LogP contribution in [0.2, 0.25) is 0 Å². The summed E-state index contributed by atoms with van der Waals surface area (Å²) in [6.07, 6.45) is 0. The molecule has 1 aromatic carbocycles. The Kier molecular flexibility index (Phi) is 7.45. The number of benzene rings is 1. The van der Waals surface area contributed by atoms with E-state index in [9.17, 15) is 4.79 Å². The summed E-state index contributed by atoms with van der Waals surface area (Å²) < 4.78 is 0.797. The maximum Gasteiger partial charge on any atom is 0.279 e. The normalized spacial score (nSPS) is 11.7. The van der Waals surface area contributed by atoms with Crippen LogP contribution >= 0.6 is 0 Å². The molecule has 3 nitrogen and oxygen atoms in total. The maximum absolute atomic E-state index is 12.3. The molecule has 4 heteroatoms. The summed E-state index contributed by atoms with van der Waals surface area (Å²) in [6, 6.07) is 9.65. The van der Waals surface area contributed by atoms with Gasteiger partial charge in [-0.2, -0.15) is 0 Å². The van der Waals surface area contributed by atoms with Crippen LogP contribution in [0.5, 0.6) is 0 Å². The Balaban J connectivity index is 0.00000361. The zero-order valence-electron chi connectivity index (χ0n) is 13.2. The zero-order valence-corrected chi connectivity index (χ0v) is 14.8. The molecule has 1 aromatic rings. The van der Waals surface area contributed by atoms with E-state index in [4.69, 9.17) is 0 Å². The van der Waals surface area contributed by atoms with Crippen molar-refractivity contribution in [3.8, 4) is 0 Å². The average molecular weight is 343 g/mol. The van der Waals surface area contributed by atoms with Gasteiger partial charge in [-0.1, -0.05) is 18.2 Å². The number of carbonyl (C=O) groups excluding carboxylic acids is 1. The number of para-hydroxylation sites is 1. The highest BCUT2D eigenvalue weighted by Crippen LogP contribution is 2.24. The standard InChI is InChI=1S/C16H26N2O.BrH/c1-6-18(7-2,16(3,4)5)13-15(19)17-14-11-9-8-10-12-14;/h8-12H,6-7,13H2,1-5H3;1H. The molecule has 20 heavy (non-hydrogen) atoms. The van der Waals surface area contributed by atoms with Crippen LogP contribution in [0, 0.1) is 0 Å². The summed E-state index contributed by atoms with van der Waals surface area (Å²) in [4.78, 5) is 12.3. The lowest BCUT2D eigenvalue weighted by molar-refractivity contribution is -0.960. The van der Waals surface area contributed by atoms with E-state index in [1.807, 2.05) is 30.3 Å². The summed E-state index contributed by atoms with van der Waals surface area (Å²) in [7, 11) is 0. The van der Waals surface area contributed by atoms with Gasteiger partial charge in [0.2, 0.25) is 0 Å². The lowest BCUT2D eigenvalue weighted by Gasteiger charge is -2.47. The van der Waals surface area contributed by atoms with E-state index in [2.05, 4.69) is 39.9 Å². The van der Waals surface area contributed by atoms with E-state index < -0.39 is 0 Å². The van der Waals surface area contributed by atoms with Crippen molar-refractivity contribution in [3.63, 3.8) is 0 Å². The molecule has 1 N–H and O–H groups in total. The van der Waals surface area contributed by atoms with Gasteiger partial charge in [-0.25, -0.2) is 0 Å². The maximum atomic E-state index is 12.3. The molecular formula is C16H27BrN2O. The minimum absolute atomic E-state index is 0. The predicted octanol–water partition coefficient (Wildman–Crippen LogP) is 0.284. The highest BCUT2D eigenvalue weighted by molar-refractivity contribution is 5.91. The quantitative estimate of drug-likeness (QED) is 0.765. The van der Waals surface area contributed by atoms with Crippen LogP contribution in [0.3, 0.4) is 0 Å². The minimum atomic E-state index is 0. The number of quaternary nitrogens is 1. The van der Waals surface area contributed by atoms with Crippen LogP contribution in [0.25, 0.3) is 0 Å². The summed E-state index contributed by atoms with van der Waals surface area (Å²) in [6.45, 7) is 13.4. The van der Waals surface area contributed by atoms with Crippen molar-refractivity contribution in [3.05, 3.63) is 30.3 Å². The molecular weight excluding hydrogens is 316 g/mol. The van der Waals surface area contributed by atoms with E-state index in [0.717, 1.165) is 23.3 Å². The third-order valence-corrected chi connectivity index (χ3v) is 4.14. The molecule has 0 aromatic heterocycles. The molecule has 0 bridgehead atoms. The number of nitrogens with zero attached hydrogens (tertiary/aromatic N) is 1. The van der Waals surface area contributed by atoms with E-state index in [0.29, 0.717) is 6.54 Å². The van der Waals surface area contributed by atoms with Crippen LogP contribution in [-0.2, 0) is 4.79 Å². The fourth-order valence-corrected chi connectivity index (χ4v) is 2.63. The molecule has 0 aliphatic carbocycles. The third-order valence-electron chi connectivity index (χ3n) is 4.14. The Bertz CT molecular complexity index is 408. The topological polar surface area (TPSA) is 29.1 Å². The molecule has 0 unspecified atom stereocenters. The summed E-state index contributed by atoms with van der Waals surface area (Å²) in [5.41, 5.74) is 0.934. The van der Waals surface area contributed by atoms with Gasteiger partial charge < -0.3 is 26.8 Å². The Morgan fingerprint density at radius 2 is 1.60 bits per heavy atom. The molecule has 0 heterocycles. The van der Waals surface area contributed by atoms with Gasteiger partial charge in [0.1, 0.15) is 0 Å². The summed E-state index contributed by atoms with van der Waals surface area (Å²) in [5.74, 6) is 0.0878. The summed E-state index contributed by atoms with van der Waals surface area (Å²) >= 11 is 0. The molecule has 1 rings (SSSR count). The van der Waals surface area contributed by atoms with E-state index in [1.54, 1.807) is 0 Å². The van der Waals surface area contributed by atoms with Crippen molar-refractivity contribution in [2.45, 2.75) is 40.2 Å². The van der Waals surface area contributed by atoms with Gasteiger partial charge in [0, 0.05) is 5.69 Å². The second-order valence-corrected chi connectivity index (χ2v) is 6.02. The predicted molar refractivity (Wildman–Crippen MR) is 81.0 cm³/mol. The lowest BCUT2D eigenvalue weighted by atomic mass is 10.0. The Morgan fingerprint density at radius 3 is 2.00 bits per heavy atom. The van der Waals surface area contributed by atoms with Crippen LogP contribution in [0.4, 0.5) is 5.69 Å². The molecule has 0 saturated carbocycles. The van der Waals surface area contributed by atoms with Crippen LogP contribution in [0.1, 0.15) is 34.6 Å². The van der Waals surface area contributed by atoms with Crippen molar-refractivity contribution < 1.29 is 26.3 Å². The largest absolute Gasteiger partial charge is 1.00 e. The number of amides is 1. The Morgan fingerprint density at radius 1 is 1.10 bits per heavy atom. The monoisotopic (exact) mass is 342 g/mol. The second kappa shape index (κ2) is 7.79. The number of nitrogens with one attached hydrogen (secondary N) is 1. The molecule has 0 radical (unpaired) electrons. The molecule has 114 valence electrons. The van der Waals surface area contributed by atoms with Crippen LogP contribution < -0.4 is 22.3 Å². The fourth-order valence-electron chi connectivity index (χ4n) is 2.63. The number of carbonyl (C=O) groups is 1. The average Bonchev–Trinajstić information content (AvgIpc) is 2.35. The van der Waals surface area contributed by atoms with Gasteiger partial charge >= 0.3 is 0 Å². The first-order valence-corrected chi connectivity index (χ1v) is 7.05. The molecule has 1 amide bonds. The Hall–Kier alpha value is -0.870. The SMILES string of the molecule is CC[N+](CC)(CC(=O)Nc1ccccc1)C(C)(C)C.[Br-]. The van der Waals surface area contributed by atoms with Gasteiger partial charge in [0.25, 0.3) is 5.91 Å². The molecule has 0 aliphatic rings. The summed E-state index contributed by atoms with van der Waals surface area (Å²) in [5, 5.41) is 2.98. The molecule has 0 spiro atoms. The first-order chi connectivity index (χ1) is 8.84. The van der Waals surface area contributed by atoms with Gasteiger partial charge in [-0.15, -0.1) is 0 Å². The van der Waals surface area contributed by atoms with Crippen molar-refractivity contribution >= 4 is 11.6 Å². The Labute approximate surface area is 133 Å². The lowest BCUT2D eigenvalue weighted by Crippen LogP contribution is -3.00. The zero-order chi connectivity index (χ0) is 14.5. The number of anilines is 1. The second-order valence-electron chi connectivity index (χ2n) is 6.02. The molecule has 0 atom stereocenters. The van der Waals surface area contributed by atoms with Crippen molar-refractivity contribution in [1.29, 1.82) is 0 Å².